The molecule has 1 nitrogen and oxygen atoms in total. The quantitative estimate of drug-likeness (QED) is 0.176. The highest BCUT2D eigenvalue weighted by Gasteiger charge is 2.21. The summed E-state index contributed by atoms with van der Waals surface area (Å²) in [6.07, 6.45) is 0. The van der Waals surface area contributed by atoms with E-state index in [9.17, 15) is 0 Å². The standard InChI is InChI=1S/C48H26O/c1-2-13-42-39(10-1)47-41(35-23-19-32-17-15-28-7-4-9-30-21-25-37(35)46(32)44(28)30)26-40-33(11-5-12-38(40)48(47)49-42)34-22-18-31-16-14-27-6-3-8-29-20-24-36(34)45(31)43(27)29/h1-26H. The first-order chi connectivity index (χ1) is 24.3. The van der Waals surface area contributed by atoms with Crippen LogP contribution in [0, 0.1) is 0 Å². The summed E-state index contributed by atoms with van der Waals surface area (Å²) in [5, 5.41) is 20.2. The lowest BCUT2D eigenvalue weighted by Gasteiger charge is -2.17. The summed E-state index contributed by atoms with van der Waals surface area (Å²) >= 11 is 0. The molecule has 0 aliphatic rings. The molecule has 49 heavy (non-hydrogen) atoms. The van der Waals surface area contributed by atoms with Gasteiger partial charge in [0.15, 0.2) is 0 Å². The summed E-state index contributed by atoms with van der Waals surface area (Å²) in [6.45, 7) is 0. The highest BCUT2D eigenvalue weighted by molar-refractivity contribution is 6.30. The maximum absolute atomic E-state index is 6.82. The summed E-state index contributed by atoms with van der Waals surface area (Å²) in [5.41, 5.74) is 6.76. The van der Waals surface area contributed by atoms with Crippen molar-refractivity contribution >= 4 is 97.3 Å². The van der Waals surface area contributed by atoms with Crippen LogP contribution in [0.2, 0.25) is 0 Å². The number of fused-ring (bicyclic) bond motifs is 5. The Morgan fingerprint density at radius 3 is 1.37 bits per heavy atom. The maximum atomic E-state index is 6.82. The van der Waals surface area contributed by atoms with Crippen molar-refractivity contribution in [3.05, 3.63) is 158 Å². The third-order valence-electron chi connectivity index (χ3n) is 11.1. The lowest BCUT2D eigenvalue weighted by molar-refractivity contribution is 0.673. The Morgan fingerprint density at radius 2 is 0.735 bits per heavy atom. The molecule has 0 aliphatic heterocycles. The van der Waals surface area contributed by atoms with Gasteiger partial charge in [-0.15, -0.1) is 0 Å². The smallest absolute Gasteiger partial charge is 0.143 e. The van der Waals surface area contributed by atoms with E-state index in [1.807, 2.05) is 0 Å². The lowest BCUT2D eigenvalue weighted by atomic mass is 9.85. The molecular formula is C48H26O. The zero-order chi connectivity index (χ0) is 31.8. The monoisotopic (exact) mass is 618 g/mol. The zero-order valence-corrected chi connectivity index (χ0v) is 26.4. The third kappa shape index (κ3) is 3.29. The first kappa shape index (κ1) is 25.6. The Balaban J connectivity index is 1.24. The molecular weight excluding hydrogens is 593 g/mol. The molecule has 1 heterocycles. The van der Waals surface area contributed by atoms with Gasteiger partial charge in [0.2, 0.25) is 0 Å². The van der Waals surface area contributed by atoms with Gasteiger partial charge in [0, 0.05) is 16.2 Å². The second-order valence-corrected chi connectivity index (χ2v) is 13.6. The Bertz CT molecular complexity index is 3290. The van der Waals surface area contributed by atoms with Crippen molar-refractivity contribution in [1.82, 2.24) is 0 Å². The van der Waals surface area contributed by atoms with Crippen molar-refractivity contribution in [3.63, 3.8) is 0 Å². The molecule has 0 atom stereocenters. The van der Waals surface area contributed by atoms with Crippen LogP contribution in [0.4, 0.5) is 0 Å². The Hall–Kier alpha value is -6.44. The Labute approximate surface area is 280 Å². The Morgan fingerprint density at radius 1 is 0.265 bits per heavy atom. The fourth-order valence-electron chi connectivity index (χ4n) is 9.03. The van der Waals surface area contributed by atoms with E-state index in [4.69, 9.17) is 4.42 Å². The van der Waals surface area contributed by atoms with Crippen LogP contribution in [0.3, 0.4) is 0 Å². The predicted molar refractivity (Wildman–Crippen MR) is 210 cm³/mol. The molecule has 1 heteroatoms. The maximum Gasteiger partial charge on any atom is 0.143 e. The van der Waals surface area contributed by atoms with Crippen molar-refractivity contribution < 1.29 is 4.42 Å². The van der Waals surface area contributed by atoms with Crippen molar-refractivity contribution in [1.29, 1.82) is 0 Å². The minimum Gasteiger partial charge on any atom is -0.455 e. The zero-order valence-electron chi connectivity index (χ0n) is 26.4. The van der Waals surface area contributed by atoms with Gasteiger partial charge in [-0.05, 0) is 104 Å². The molecule has 0 spiro atoms. The highest BCUT2D eigenvalue weighted by Crippen LogP contribution is 2.48. The van der Waals surface area contributed by atoms with Crippen LogP contribution in [-0.4, -0.2) is 0 Å². The number of para-hydroxylation sites is 1. The fraction of sp³-hybridized carbons (Fsp3) is 0. The summed E-state index contributed by atoms with van der Waals surface area (Å²) in [6, 6.07) is 58.4. The summed E-state index contributed by atoms with van der Waals surface area (Å²) in [5.74, 6) is 0. The van der Waals surface area contributed by atoms with Crippen LogP contribution < -0.4 is 0 Å². The van der Waals surface area contributed by atoms with Crippen LogP contribution in [0.25, 0.3) is 120 Å². The van der Waals surface area contributed by atoms with E-state index in [1.54, 1.807) is 0 Å². The fourth-order valence-corrected chi connectivity index (χ4v) is 9.03. The lowest BCUT2D eigenvalue weighted by Crippen LogP contribution is -1.91. The molecule has 1 aromatic heterocycles. The van der Waals surface area contributed by atoms with Gasteiger partial charge in [0.1, 0.15) is 11.2 Å². The predicted octanol–water partition coefficient (Wildman–Crippen LogP) is 13.9. The van der Waals surface area contributed by atoms with E-state index in [0.717, 1.165) is 21.9 Å². The average Bonchev–Trinajstić information content (AvgIpc) is 3.56. The second-order valence-electron chi connectivity index (χ2n) is 13.6. The van der Waals surface area contributed by atoms with Gasteiger partial charge in [0.25, 0.3) is 0 Å². The van der Waals surface area contributed by atoms with E-state index in [0.29, 0.717) is 0 Å². The van der Waals surface area contributed by atoms with Crippen LogP contribution in [0.1, 0.15) is 0 Å². The second kappa shape index (κ2) is 9.13. The van der Waals surface area contributed by atoms with Gasteiger partial charge >= 0.3 is 0 Å². The molecule has 0 aliphatic carbocycles. The minimum atomic E-state index is 0.914. The van der Waals surface area contributed by atoms with E-state index in [-0.39, 0.29) is 0 Å². The van der Waals surface area contributed by atoms with Crippen LogP contribution in [0.5, 0.6) is 0 Å². The SMILES string of the molecule is c1cc2ccc3ccc(-c4cccc5c4cc(-c4ccc6ccc7cccc8ccc4c6c78)c4c6ccccc6oc54)c4ccc(c1)c2c34. The molecule has 12 rings (SSSR count). The first-order valence-corrected chi connectivity index (χ1v) is 17.0. The Kier molecular flexibility index (Phi) is 4.77. The number of hydrogen-bond acceptors (Lipinski definition) is 1. The molecule has 0 fully saturated rings. The van der Waals surface area contributed by atoms with Gasteiger partial charge in [0.05, 0.1) is 0 Å². The molecule has 0 N–H and O–H groups in total. The van der Waals surface area contributed by atoms with Crippen molar-refractivity contribution in [2.24, 2.45) is 0 Å². The molecule has 224 valence electrons. The molecule has 0 saturated heterocycles. The summed E-state index contributed by atoms with van der Waals surface area (Å²) < 4.78 is 6.82. The first-order valence-electron chi connectivity index (χ1n) is 17.0. The van der Waals surface area contributed by atoms with Gasteiger partial charge in [-0.25, -0.2) is 0 Å². The van der Waals surface area contributed by atoms with Crippen molar-refractivity contribution in [3.8, 4) is 22.3 Å². The number of rotatable bonds is 2. The van der Waals surface area contributed by atoms with Crippen LogP contribution in [-0.2, 0) is 0 Å². The minimum absolute atomic E-state index is 0.914. The summed E-state index contributed by atoms with van der Waals surface area (Å²) in [7, 11) is 0. The summed E-state index contributed by atoms with van der Waals surface area (Å²) in [4.78, 5) is 0. The largest absolute Gasteiger partial charge is 0.455 e. The van der Waals surface area contributed by atoms with E-state index in [2.05, 4.69) is 158 Å². The molecule has 0 radical (unpaired) electrons. The normalized spacial score (nSPS) is 12.5. The van der Waals surface area contributed by atoms with Gasteiger partial charge in [-0.2, -0.15) is 0 Å². The van der Waals surface area contributed by atoms with E-state index >= 15 is 0 Å². The van der Waals surface area contributed by atoms with Gasteiger partial charge in [-0.3, -0.25) is 0 Å². The molecule has 0 saturated carbocycles. The topological polar surface area (TPSA) is 13.1 Å². The van der Waals surface area contributed by atoms with Crippen molar-refractivity contribution in [2.75, 3.05) is 0 Å². The van der Waals surface area contributed by atoms with Crippen LogP contribution >= 0.6 is 0 Å². The van der Waals surface area contributed by atoms with Gasteiger partial charge < -0.3 is 4.42 Å². The number of benzene rings is 11. The third-order valence-corrected chi connectivity index (χ3v) is 11.1. The highest BCUT2D eigenvalue weighted by atomic mass is 16.3. The number of hydrogen-bond donors (Lipinski definition) is 0. The van der Waals surface area contributed by atoms with E-state index in [1.165, 1.54) is 97.7 Å². The van der Waals surface area contributed by atoms with Crippen molar-refractivity contribution in [2.45, 2.75) is 0 Å². The molecule has 0 bridgehead atoms. The number of furan rings is 1. The molecule has 12 aromatic rings. The average molecular weight is 619 g/mol. The van der Waals surface area contributed by atoms with Crippen LogP contribution in [0.15, 0.2) is 162 Å². The molecule has 0 amide bonds. The van der Waals surface area contributed by atoms with E-state index < -0.39 is 0 Å². The van der Waals surface area contributed by atoms with Gasteiger partial charge in [-0.1, -0.05) is 146 Å². The molecule has 0 unspecified atom stereocenters. The molecule has 11 aromatic carbocycles.